The molecule has 0 aliphatic heterocycles. The van der Waals surface area contributed by atoms with Crippen LogP contribution in [0.15, 0.2) is 35.5 Å². The van der Waals surface area contributed by atoms with Crippen LogP contribution in [-0.4, -0.2) is 0 Å². The summed E-state index contributed by atoms with van der Waals surface area (Å²) in [7, 11) is 0. The zero-order chi connectivity index (χ0) is 14.6. The lowest BCUT2D eigenvalue weighted by atomic mass is 9.83. The van der Waals surface area contributed by atoms with Gasteiger partial charge in [-0.15, -0.1) is 0 Å². The minimum absolute atomic E-state index is 0.690. The molecule has 0 bridgehead atoms. The molecule has 1 aliphatic carbocycles. The Morgan fingerprint density at radius 1 is 0.850 bits per heavy atom. The molecular formula is C20H34. The second-order valence-corrected chi connectivity index (χ2v) is 6.11. The predicted octanol–water partition coefficient (Wildman–Crippen LogP) is 6.99. The van der Waals surface area contributed by atoms with Gasteiger partial charge in [0.05, 0.1) is 0 Å². The van der Waals surface area contributed by atoms with E-state index in [1.54, 1.807) is 11.1 Å². The first-order chi connectivity index (χ1) is 9.83. The van der Waals surface area contributed by atoms with Gasteiger partial charge < -0.3 is 0 Å². The number of hydrogen-bond acceptors (Lipinski definition) is 0. The van der Waals surface area contributed by atoms with Gasteiger partial charge in [0, 0.05) is 5.92 Å². The summed E-state index contributed by atoms with van der Waals surface area (Å²) in [4.78, 5) is 0. The van der Waals surface area contributed by atoms with Crippen molar-refractivity contribution in [2.75, 3.05) is 0 Å². The fraction of sp³-hybridized carbons (Fsp3) is 0.700. The van der Waals surface area contributed by atoms with E-state index in [0.29, 0.717) is 5.92 Å². The van der Waals surface area contributed by atoms with Crippen molar-refractivity contribution in [3.8, 4) is 0 Å². The van der Waals surface area contributed by atoms with Gasteiger partial charge in [-0.3, -0.25) is 0 Å². The molecule has 0 aromatic heterocycles. The predicted molar refractivity (Wildman–Crippen MR) is 92.0 cm³/mol. The monoisotopic (exact) mass is 274 g/mol. The molecule has 20 heavy (non-hydrogen) atoms. The van der Waals surface area contributed by atoms with E-state index in [4.69, 9.17) is 0 Å². The lowest BCUT2D eigenvalue weighted by Gasteiger charge is -2.22. The molecule has 0 nitrogen and oxygen atoms in total. The van der Waals surface area contributed by atoms with E-state index in [1.807, 2.05) is 0 Å². The average molecular weight is 274 g/mol. The Hall–Kier alpha value is -0.780. The molecule has 0 saturated carbocycles. The largest absolute Gasteiger partial charge is 0.0770 e. The van der Waals surface area contributed by atoms with E-state index in [2.05, 4.69) is 45.1 Å². The van der Waals surface area contributed by atoms with Gasteiger partial charge in [0.15, 0.2) is 0 Å². The molecule has 1 unspecified atom stereocenters. The number of unbranched alkanes of at least 4 members (excludes halogenated alkanes) is 4. The minimum atomic E-state index is 0.690. The number of allylic oxidation sites excluding steroid dienone is 6. The van der Waals surface area contributed by atoms with Crippen molar-refractivity contribution in [2.45, 2.75) is 85.0 Å². The average Bonchev–Trinajstić information content (AvgIpc) is 2.48. The van der Waals surface area contributed by atoms with E-state index in [9.17, 15) is 0 Å². The minimum Gasteiger partial charge on any atom is -0.0770 e. The highest BCUT2D eigenvalue weighted by Gasteiger charge is 2.15. The maximum atomic E-state index is 2.43. The Morgan fingerprint density at radius 2 is 1.50 bits per heavy atom. The fourth-order valence-electron chi connectivity index (χ4n) is 3.02. The maximum Gasteiger partial charge on any atom is 0.00206 e. The maximum absolute atomic E-state index is 2.43. The highest BCUT2D eigenvalue weighted by molar-refractivity contribution is 5.37. The molecule has 0 aromatic carbocycles. The summed E-state index contributed by atoms with van der Waals surface area (Å²) in [5, 5.41) is 0. The summed E-state index contributed by atoms with van der Waals surface area (Å²) in [5.41, 5.74) is 3.40. The summed E-state index contributed by atoms with van der Waals surface area (Å²) in [6.07, 6.45) is 22.7. The third kappa shape index (κ3) is 6.11. The Morgan fingerprint density at radius 3 is 2.10 bits per heavy atom. The highest BCUT2D eigenvalue weighted by atomic mass is 14.2. The molecule has 0 spiro atoms. The second-order valence-electron chi connectivity index (χ2n) is 6.11. The van der Waals surface area contributed by atoms with Crippen LogP contribution < -0.4 is 0 Å². The Bertz CT molecular complexity index is 320. The van der Waals surface area contributed by atoms with Crippen LogP contribution in [-0.2, 0) is 0 Å². The zero-order valence-electron chi connectivity index (χ0n) is 14.0. The number of hydrogen-bond donors (Lipinski definition) is 0. The number of rotatable bonds is 10. The third-order valence-electron chi connectivity index (χ3n) is 4.32. The highest BCUT2D eigenvalue weighted by Crippen LogP contribution is 2.31. The van der Waals surface area contributed by atoms with Crippen molar-refractivity contribution in [1.82, 2.24) is 0 Å². The van der Waals surface area contributed by atoms with Gasteiger partial charge in [-0.05, 0) is 37.7 Å². The topological polar surface area (TPSA) is 0 Å². The van der Waals surface area contributed by atoms with Gasteiger partial charge in [0.2, 0.25) is 0 Å². The van der Waals surface area contributed by atoms with E-state index >= 15 is 0 Å². The summed E-state index contributed by atoms with van der Waals surface area (Å²) >= 11 is 0. The smallest absolute Gasteiger partial charge is 0.00206 e. The van der Waals surface area contributed by atoms with Crippen molar-refractivity contribution in [3.05, 3.63) is 35.5 Å². The van der Waals surface area contributed by atoms with Crippen LogP contribution in [0, 0.1) is 5.92 Å². The molecule has 0 aromatic rings. The zero-order valence-corrected chi connectivity index (χ0v) is 14.0. The van der Waals surface area contributed by atoms with Gasteiger partial charge in [-0.2, -0.15) is 0 Å². The fourth-order valence-corrected chi connectivity index (χ4v) is 3.02. The molecule has 0 amide bonds. The normalized spacial score (nSPS) is 17.8. The Balaban J connectivity index is 2.76. The molecular weight excluding hydrogens is 240 g/mol. The first kappa shape index (κ1) is 17.3. The third-order valence-corrected chi connectivity index (χ3v) is 4.32. The van der Waals surface area contributed by atoms with Crippen LogP contribution in [0.2, 0.25) is 0 Å². The lowest BCUT2D eigenvalue weighted by Crippen LogP contribution is -2.06. The molecule has 1 rings (SSSR count). The van der Waals surface area contributed by atoms with E-state index in [0.717, 1.165) is 0 Å². The van der Waals surface area contributed by atoms with Gasteiger partial charge in [0.25, 0.3) is 0 Å². The van der Waals surface area contributed by atoms with Gasteiger partial charge in [-0.1, -0.05) is 82.8 Å². The van der Waals surface area contributed by atoms with Crippen molar-refractivity contribution in [1.29, 1.82) is 0 Å². The van der Waals surface area contributed by atoms with Crippen LogP contribution in [0.3, 0.4) is 0 Å². The van der Waals surface area contributed by atoms with E-state index in [1.165, 1.54) is 64.2 Å². The molecule has 0 fully saturated rings. The molecule has 1 atom stereocenters. The Labute approximate surface area is 127 Å². The van der Waals surface area contributed by atoms with Crippen LogP contribution in [0.1, 0.15) is 85.0 Å². The summed E-state index contributed by atoms with van der Waals surface area (Å²) < 4.78 is 0. The summed E-state index contributed by atoms with van der Waals surface area (Å²) in [6, 6.07) is 0. The molecule has 0 radical (unpaired) electrons. The first-order valence-electron chi connectivity index (χ1n) is 8.90. The lowest BCUT2D eigenvalue weighted by molar-refractivity contribution is 0.585. The molecule has 1 aliphatic rings. The quantitative estimate of drug-likeness (QED) is 0.377. The first-order valence-corrected chi connectivity index (χ1v) is 8.90. The van der Waals surface area contributed by atoms with Gasteiger partial charge >= 0.3 is 0 Å². The Kier molecular flexibility index (Phi) is 9.45. The molecule has 0 saturated heterocycles. The SMILES string of the molecule is CCCCCC1C=CC=CC1=C(CCCC)CCCC. The van der Waals surface area contributed by atoms with Gasteiger partial charge in [-0.25, -0.2) is 0 Å². The van der Waals surface area contributed by atoms with Crippen LogP contribution in [0.4, 0.5) is 0 Å². The molecule has 0 heterocycles. The molecule has 0 heteroatoms. The van der Waals surface area contributed by atoms with Crippen LogP contribution >= 0.6 is 0 Å². The molecule has 114 valence electrons. The van der Waals surface area contributed by atoms with Crippen molar-refractivity contribution in [3.63, 3.8) is 0 Å². The van der Waals surface area contributed by atoms with Crippen LogP contribution in [0.25, 0.3) is 0 Å². The summed E-state index contributed by atoms with van der Waals surface area (Å²) in [5.74, 6) is 0.690. The van der Waals surface area contributed by atoms with Crippen molar-refractivity contribution in [2.24, 2.45) is 5.92 Å². The van der Waals surface area contributed by atoms with E-state index in [-0.39, 0.29) is 0 Å². The molecule has 0 N–H and O–H groups in total. The summed E-state index contributed by atoms with van der Waals surface area (Å²) in [6.45, 7) is 6.90. The van der Waals surface area contributed by atoms with Crippen molar-refractivity contribution >= 4 is 0 Å². The van der Waals surface area contributed by atoms with Crippen molar-refractivity contribution < 1.29 is 0 Å². The van der Waals surface area contributed by atoms with E-state index < -0.39 is 0 Å². The second kappa shape index (κ2) is 10.9. The standard InChI is InChI=1S/C20H34/c1-4-7-10-15-19-16-11-12-17-20(19)18(13-8-5-2)14-9-6-3/h11-12,16-17,19H,4-10,13-15H2,1-3H3. The van der Waals surface area contributed by atoms with Crippen LogP contribution in [0.5, 0.6) is 0 Å². The van der Waals surface area contributed by atoms with Gasteiger partial charge in [0.1, 0.15) is 0 Å².